The normalized spacial score (nSPS) is 9.75. The summed E-state index contributed by atoms with van der Waals surface area (Å²) in [5, 5.41) is 11.7. The maximum absolute atomic E-state index is 12.2. The smallest absolute Gasteiger partial charge is 0.252 e. The van der Waals surface area contributed by atoms with Gasteiger partial charge in [0.1, 0.15) is 0 Å². The van der Waals surface area contributed by atoms with E-state index in [9.17, 15) is 4.79 Å². The molecule has 1 aromatic carbocycles. The van der Waals surface area contributed by atoms with Gasteiger partial charge in [0.15, 0.2) is 0 Å². The van der Waals surface area contributed by atoms with Crippen LogP contribution in [0.15, 0.2) is 18.2 Å². The van der Waals surface area contributed by atoms with Crippen LogP contribution in [0, 0.1) is 18.8 Å². The van der Waals surface area contributed by atoms with E-state index in [0.29, 0.717) is 18.5 Å². The zero-order chi connectivity index (χ0) is 14.8. The van der Waals surface area contributed by atoms with Gasteiger partial charge in [-0.25, -0.2) is 0 Å². The quantitative estimate of drug-likeness (QED) is 0.618. The summed E-state index contributed by atoms with van der Waals surface area (Å²) in [6, 6.07) is 5.66. The van der Waals surface area contributed by atoms with E-state index in [4.69, 9.17) is 5.11 Å². The number of aliphatic hydroxyl groups excluding tert-OH is 1. The first-order chi connectivity index (χ1) is 9.69. The highest BCUT2D eigenvalue weighted by molar-refractivity contribution is 5.96. The number of amides is 1. The van der Waals surface area contributed by atoms with Crippen molar-refractivity contribution in [3.05, 3.63) is 34.9 Å². The summed E-state index contributed by atoms with van der Waals surface area (Å²) in [5.41, 5.74) is 2.38. The molecule has 2 N–H and O–H groups in total. The molecular weight excluding hydrogens is 250 g/mol. The molecule has 108 valence electrons. The third-order valence-electron chi connectivity index (χ3n) is 2.95. The average Bonchev–Trinajstić information content (AvgIpc) is 2.45. The van der Waals surface area contributed by atoms with Gasteiger partial charge in [-0.3, -0.25) is 4.79 Å². The molecular formula is C17H23NO2. The molecule has 0 bridgehead atoms. The molecule has 3 nitrogen and oxygen atoms in total. The van der Waals surface area contributed by atoms with Gasteiger partial charge in [0.05, 0.1) is 12.2 Å². The first kappa shape index (κ1) is 16.3. The van der Waals surface area contributed by atoms with E-state index in [1.165, 1.54) is 0 Å². The lowest BCUT2D eigenvalue weighted by atomic mass is 10.0. The van der Waals surface area contributed by atoms with Crippen LogP contribution in [0.4, 0.5) is 0 Å². The number of hydrogen-bond donors (Lipinski definition) is 2. The van der Waals surface area contributed by atoms with Gasteiger partial charge in [0.25, 0.3) is 5.91 Å². The molecule has 20 heavy (non-hydrogen) atoms. The molecule has 0 aliphatic rings. The summed E-state index contributed by atoms with van der Waals surface area (Å²) >= 11 is 0. The molecule has 0 saturated heterocycles. The van der Waals surface area contributed by atoms with Crippen LogP contribution in [0.3, 0.4) is 0 Å². The molecule has 1 aromatic rings. The Balaban J connectivity index is 2.78. The van der Waals surface area contributed by atoms with E-state index in [1.807, 2.05) is 25.1 Å². The summed E-state index contributed by atoms with van der Waals surface area (Å²) in [4.78, 5) is 12.2. The van der Waals surface area contributed by atoms with Gasteiger partial charge in [-0.05, 0) is 25.5 Å². The molecule has 0 aromatic heterocycles. The Hall–Kier alpha value is -1.79. The fourth-order valence-corrected chi connectivity index (χ4v) is 1.84. The van der Waals surface area contributed by atoms with Crippen molar-refractivity contribution in [3.8, 4) is 11.8 Å². The van der Waals surface area contributed by atoms with Crippen LogP contribution in [0.25, 0.3) is 0 Å². The summed E-state index contributed by atoms with van der Waals surface area (Å²) in [5.74, 6) is 5.74. The molecule has 1 rings (SSSR count). The summed E-state index contributed by atoms with van der Waals surface area (Å²) < 4.78 is 0. The lowest BCUT2D eigenvalue weighted by Gasteiger charge is -2.07. The third-order valence-corrected chi connectivity index (χ3v) is 2.95. The van der Waals surface area contributed by atoms with Crippen LogP contribution in [0.2, 0.25) is 0 Å². The molecule has 0 radical (unpaired) electrons. The van der Waals surface area contributed by atoms with E-state index < -0.39 is 0 Å². The Kier molecular flexibility index (Phi) is 7.46. The topological polar surface area (TPSA) is 49.3 Å². The number of carbonyl (C=O) groups is 1. The van der Waals surface area contributed by atoms with E-state index in [1.54, 1.807) is 0 Å². The Morgan fingerprint density at radius 1 is 1.35 bits per heavy atom. The van der Waals surface area contributed by atoms with Gasteiger partial charge in [-0.2, -0.15) is 0 Å². The minimum atomic E-state index is -0.0712. The van der Waals surface area contributed by atoms with Crippen LogP contribution >= 0.6 is 0 Å². The molecule has 0 saturated carbocycles. The molecule has 0 aliphatic heterocycles. The van der Waals surface area contributed by atoms with Crippen molar-refractivity contribution < 1.29 is 9.90 Å². The standard InChI is InChI=1S/C17H23NO2/c1-3-4-6-11-18-17(20)16-13-14(2)9-10-15(16)8-5-7-12-19/h9-10,13,19H,3-4,6-7,11-12H2,1-2H3,(H,18,20). The zero-order valence-electron chi connectivity index (χ0n) is 12.3. The lowest BCUT2D eigenvalue weighted by Crippen LogP contribution is -2.25. The number of rotatable bonds is 6. The summed E-state index contributed by atoms with van der Waals surface area (Å²) in [7, 11) is 0. The maximum atomic E-state index is 12.2. The molecule has 0 fully saturated rings. The predicted octanol–water partition coefficient (Wildman–Crippen LogP) is 2.65. The fourth-order valence-electron chi connectivity index (χ4n) is 1.84. The van der Waals surface area contributed by atoms with Crippen LogP contribution in [-0.2, 0) is 0 Å². The highest BCUT2D eigenvalue weighted by atomic mass is 16.2. The minimum absolute atomic E-state index is 0.0391. The van der Waals surface area contributed by atoms with E-state index in [0.717, 1.165) is 30.4 Å². The molecule has 0 unspecified atom stereocenters. The predicted molar refractivity (Wildman–Crippen MR) is 81.6 cm³/mol. The van der Waals surface area contributed by atoms with Crippen molar-refractivity contribution in [1.29, 1.82) is 0 Å². The van der Waals surface area contributed by atoms with Crippen molar-refractivity contribution in [2.45, 2.75) is 39.5 Å². The zero-order valence-corrected chi connectivity index (χ0v) is 12.3. The fraction of sp³-hybridized carbons (Fsp3) is 0.471. The second-order valence-corrected chi connectivity index (χ2v) is 4.79. The number of unbranched alkanes of at least 4 members (excludes halogenated alkanes) is 2. The van der Waals surface area contributed by atoms with Crippen molar-refractivity contribution in [3.63, 3.8) is 0 Å². The summed E-state index contributed by atoms with van der Waals surface area (Å²) in [6.07, 6.45) is 3.68. The maximum Gasteiger partial charge on any atom is 0.252 e. The van der Waals surface area contributed by atoms with Crippen molar-refractivity contribution >= 4 is 5.91 Å². The van der Waals surface area contributed by atoms with Crippen LogP contribution in [-0.4, -0.2) is 24.2 Å². The molecule has 3 heteroatoms. The monoisotopic (exact) mass is 273 g/mol. The number of nitrogens with one attached hydrogen (secondary N) is 1. The average molecular weight is 273 g/mol. The SMILES string of the molecule is CCCCCNC(=O)c1cc(C)ccc1C#CCCO. The first-order valence-electron chi connectivity index (χ1n) is 7.17. The van der Waals surface area contributed by atoms with E-state index in [-0.39, 0.29) is 12.5 Å². The highest BCUT2D eigenvalue weighted by Gasteiger charge is 2.09. The molecule has 0 spiro atoms. The number of benzene rings is 1. The minimum Gasteiger partial charge on any atom is -0.395 e. The van der Waals surface area contributed by atoms with Gasteiger partial charge < -0.3 is 10.4 Å². The van der Waals surface area contributed by atoms with Crippen molar-refractivity contribution in [1.82, 2.24) is 5.32 Å². The van der Waals surface area contributed by atoms with E-state index >= 15 is 0 Å². The molecule has 0 atom stereocenters. The van der Waals surface area contributed by atoms with Crippen molar-refractivity contribution in [2.75, 3.05) is 13.2 Å². The molecule has 1 amide bonds. The Labute approximate surface area is 121 Å². The summed E-state index contributed by atoms with van der Waals surface area (Å²) in [6.45, 7) is 4.83. The van der Waals surface area contributed by atoms with Gasteiger partial charge in [-0.1, -0.05) is 43.2 Å². The highest BCUT2D eigenvalue weighted by Crippen LogP contribution is 2.11. The van der Waals surface area contributed by atoms with Gasteiger partial charge in [0.2, 0.25) is 0 Å². The first-order valence-corrected chi connectivity index (χ1v) is 7.17. The van der Waals surface area contributed by atoms with Gasteiger partial charge in [0, 0.05) is 18.5 Å². The Morgan fingerprint density at radius 2 is 2.15 bits per heavy atom. The van der Waals surface area contributed by atoms with Crippen molar-refractivity contribution in [2.24, 2.45) is 0 Å². The van der Waals surface area contributed by atoms with E-state index in [2.05, 4.69) is 24.1 Å². The third kappa shape index (κ3) is 5.46. The largest absolute Gasteiger partial charge is 0.395 e. The molecule has 0 heterocycles. The second kappa shape index (κ2) is 9.17. The van der Waals surface area contributed by atoms with Crippen LogP contribution < -0.4 is 5.32 Å². The Bertz CT molecular complexity index is 497. The number of aryl methyl sites for hydroxylation is 1. The second-order valence-electron chi connectivity index (χ2n) is 4.79. The number of aliphatic hydroxyl groups is 1. The lowest BCUT2D eigenvalue weighted by molar-refractivity contribution is 0.0952. The number of carbonyl (C=O) groups excluding carboxylic acids is 1. The number of hydrogen-bond acceptors (Lipinski definition) is 2. The molecule has 0 aliphatic carbocycles. The van der Waals surface area contributed by atoms with Gasteiger partial charge >= 0.3 is 0 Å². The van der Waals surface area contributed by atoms with Gasteiger partial charge in [-0.15, -0.1) is 0 Å². The Morgan fingerprint density at radius 3 is 2.85 bits per heavy atom. The van der Waals surface area contributed by atoms with Crippen LogP contribution in [0.5, 0.6) is 0 Å². The van der Waals surface area contributed by atoms with Crippen LogP contribution in [0.1, 0.15) is 54.1 Å².